The number of amides is 2. The molecule has 41 heavy (non-hydrogen) atoms. The number of anilines is 1. The first kappa shape index (κ1) is 30.3. The summed E-state index contributed by atoms with van der Waals surface area (Å²) in [5, 5.41) is 3.11. The normalized spacial score (nSPS) is 14.5. The Morgan fingerprint density at radius 1 is 0.878 bits per heavy atom. The maximum Gasteiger partial charge on any atom is 0.264 e. The molecule has 2 amide bonds. The van der Waals surface area contributed by atoms with Crippen LogP contribution in [-0.4, -0.2) is 43.8 Å². The lowest BCUT2D eigenvalue weighted by Gasteiger charge is -2.33. The molecule has 0 aliphatic heterocycles. The highest BCUT2D eigenvalue weighted by atomic mass is 32.2. The summed E-state index contributed by atoms with van der Waals surface area (Å²) in [5.41, 5.74) is 5.02. The molecule has 1 atom stereocenters. The van der Waals surface area contributed by atoms with Gasteiger partial charge in [0, 0.05) is 12.6 Å². The molecule has 3 aromatic carbocycles. The predicted molar refractivity (Wildman–Crippen MR) is 163 cm³/mol. The fourth-order valence-electron chi connectivity index (χ4n) is 5.22. The molecule has 8 heteroatoms. The van der Waals surface area contributed by atoms with E-state index in [-0.39, 0.29) is 23.4 Å². The zero-order chi connectivity index (χ0) is 29.7. The second kappa shape index (κ2) is 12.9. The number of rotatable bonds is 10. The zero-order valence-electron chi connectivity index (χ0n) is 24.7. The monoisotopic (exact) mass is 575 g/mol. The average molecular weight is 576 g/mol. The van der Waals surface area contributed by atoms with Crippen molar-refractivity contribution in [3.05, 3.63) is 94.5 Å². The summed E-state index contributed by atoms with van der Waals surface area (Å²) in [5.74, 6) is -0.673. The van der Waals surface area contributed by atoms with Crippen molar-refractivity contribution in [2.45, 2.75) is 83.8 Å². The van der Waals surface area contributed by atoms with Crippen LogP contribution >= 0.6 is 0 Å². The third-order valence-corrected chi connectivity index (χ3v) is 9.85. The SMILES string of the molecule is Cc1ccc(CN(C(=O)CN(c2cccc(C)c2C)S(=O)(=O)c2ccc(C)cc2)[C@@H](C)C(=O)NC2CCCC2)cc1. The molecule has 0 heterocycles. The van der Waals surface area contributed by atoms with Crippen molar-refractivity contribution in [1.82, 2.24) is 10.2 Å². The molecule has 0 unspecified atom stereocenters. The van der Waals surface area contributed by atoms with Crippen molar-refractivity contribution in [2.24, 2.45) is 0 Å². The van der Waals surface area contributed by atoms with Gasteiger partial charge in [0.1, 0.15) is 12.6 Å². The number of nitrogens with zero attached hydrogens (tertiary/aromatic N) is 2. The lowest BCUT2D eigenvalue weighted by Crippen LogP contribution is -2.52. The van der Waals surface area contributed by atoms with Crippen molar-refractivity contribution in [3.8, 4) is 0 Å². The van der Waals surface area contributed by atoms with Gasteiger partial charge in [-0.15, -0.1) is 0 Å². The summed E-state index contributed by atoms with van der Waals surface area (Å²) in [7, 11) is -4.10. The second-order valence-corrected chi connectivity index (χ2v) is 13.1. The van der Waals surface area contributed by atoms with Crippen molar-refractivity contribution in [2.75, 3.05) is 10.8 Å². The number of hydrogen-bond donors (Lipinski definition) is 1. The van der Waals surface area contributed by atoms with E-state index in [1.165, 1.54) is 9.21 Å². The largest absolute Gasteiger partial charge is 0.352 e. The Labute approximate surface area is 244 Å². The minimum atomic E-state index is -4.10. The third-order valence-electron chi connectivity index (χ3n) is 8.07. The summed E-state index contributed by atoms with van der Waals surface area (Å²) < 4.78 is 29.3. The summed E-state index contributed by atoms with van der Waals surface area (Å²) in [4.78, 5) is 29.1. The second-order valence-electron chi connectivity index (χ2n) is 11.2. The van der Waals surface area contributed by atoms with Gasteiger partial charge in [0.05, 0.1) is 10.6 Å². The van der Waals surface area contributed by atoms with Crippen LogP contribution in [0.2, 0.25) is 0 Å². The maximum absolute atomic E-state index is 14.1. The minimum absolute atomic E-state index is 0.105. The van der Waals surface area contributed by atoms with Crippen LogP contribution in [-0.2, 0) is 26.2 Å². The van der Waals surface area contributed by atoms with Crippen LogP contribution < -0.4 is 9.62 Å². The predicted octanol–water partition coefficient (Wildman–Crippen LogP) is 5.59. The van der Waals surface area contributed by atoms with E-state index >= 15 is 0 Å². The Hall–Kier alpha value is -3.65. The Morgan fingerprint density at radius 3 is 2.07 bits per heavy atom. The van der Waals surface area contributed by atoms with Gasteiger partial charge in [0.25, 0.3) is 10.0 Å². The van der Waals surface area contributed by atoms with Gasteiger partial charge in [-0.2, -0.15) is 0 Å². The molecule has 218 valence electrons. The van der Waals surface area contributed by atoms with Crippen molar-refractivity contribution in [1.29, 1.82) is 0 Å². The zero-order valence-corrected chi connectivity index (χ0v) is 25.5. The van der Waals surface area contributed by atoms with Gasteiger partial charge in [0.15, 0.2) is 0 Å². The molecule has 1 aliphatic rings. The highest BCUT2D eigenvalue weighted by Crippen LogP contribution is 2.29. The van der Waals surface area contributed by atoms with Gasteiger partial charge in [-0.1, -0.05) is 72.5 Å². The average Bonchev–Trinajstić information content (AvgIpc) is 3.46. The lowest BCUT2D eigenvalue weighted by molar-refractivity contribution is -0.139. The molecular formula is C33H41N3O4S. The maximum atomic E-state index is 14.1. The summed E-state index contributed by atoms with van der Waals surface area (Å²) in [6.07, 6.45) is 4.01. The van der Waals surface area contributed by atoms with E-state index in [9.17, 15) is 18.0 Å². The molecule has 0 spiro atoms. The quantitative estimate of drug-likeness (QED) is 0.341. The van der Waals surface area contributed by atoms with Gasteiger partial charge in [-0.25, -0.2) is 8.42 Å². The van der Waals surface area contributed by atoms with E-state index in [4.69, 9.17) is 0 Å². The summed E-state index contributed by atoms with van der Waals surface area (Å²) in [6.45, 7) is 9.11. The Morgan fingerprint density at radius 2 is 1.46 bits per heavy atom. The molecule has 1 aliphatic carbocycles. The van der Waals surface area contributed by atoms with Gasteiger partial charge in [0.2, 0.25) is 11.8 Å². The Kier molecular flexibility index (Phi) is 9.53. The van der Waals surface area contributed by atoms with E-state index < -0.39 is 28.5 Å². The van der Waals surface area contributed by atoms with Crippen molar-refractivity contribution in [3.63, 3.8) is 0 Å². The van der Waals surface area contributed by atoms with E-state index in [2.05, 4.69) is 5.32 Å². The molecule has 0 aromatic heterocycles. The van der Waals surface area contributed by atoms with E-state index in [1.807, 2.05) is 58.0 Å². The minimum Gasteiger partial charge on any atom is -0.352 e. The van der Waals surface area contributed by atoms with Crippen molar-refractivity contribution >= 4 is 27.5 Å². The Bertz CT molecular complexity index is 1480. The molecule has 7 nitrogen and oxygen atoms in total. The van der Waals surface area contributed by atoms with Crippen molar-refractivity contribution < 1.29 is 18.0 Å². The van der Waals surface area contributed by atoms with Crippen LogP contribution in [0.15, 0.2) is 71.6 Å². The highest BCUT2D eigenvalue weighted by molar-refractivity contribution is 7.92. The third kappa shape index (κ3) is 7.17. The van der Waals surface area contributed by atoms with Crippen LogP contribution in [0, 0.1) is 27.7 Å². The molecule has 1 N–H and O–H groups in total. The van der Waals surface area contributed by atoms with E-state index in [1.54, 1.807) is 43.3 Å². The molecule has 0 saturated heterocycles. The number of sulfonamides is 1. The number of aryl methyl sites for hydroxylation is 3. The number of carbonyl (C=O) groups is 2. The van der Waals surface area contributed by atoms with Gasteiger partial charge in [-0.05, 0) is 82.3 Å². The number of benzene rings is 3. The molecule has 1 saturated carbocycles. The summed E-state index contributed by atoms with van der Waals surface area (Å²) in [6, 6.07) is 19.2. The molecule has 3 aromatic rings. The van der Waals surface area contributed by atoms with E-state index in [0.29, 0.717) is 5.69 Å². The van der Waals surface area contributed by atoms with Gasteiger partial charge in [-0.3, -0.25) is 13.9 Å². The van der Waals surface area contributed by atoms with Crippen LogP contribution in [0.25, 0.3) is 0 Å². The lowest BCUT2D eigenvalue weighted by atomic mass is 10.1. The molecular weight excluding hydrogens is 534 g/mol. The molecule has 0 bridgehead atoms. The molecule has 0 radical (unpaired) electrons. The first-order valence-corrected chi connectivity index (χ1v) is 15.7. The molecule has 1 fully saturated rings. The van der Waals surface area contributed by atoms with E-state index in [0.717, 1.165) is 53.5 Å². The fraction of sp³-hybridized carbons (Fsp3) is 0.394. The molecule has 4 rings (SSSR count). The summed E-state index contributed by atoms with van der Waals surface area (Å²) >= 11 is 0. The standard InChI is InChI=1S/C33H41N3O4S/c1-23-13-17-28(18-14-23)21-35(27(5)33(38)34-29-10-6-7-11-29)32(37)22-36(31-12-8-9-25(3)26(31)4)41(39,40)30-19-15-24(2)16-20-30/h8-9,12-20,27,29H,6-7,10-11,21-22H2,1-5H3,(H,34,38)/t27-/m0/s1. The van der Waals surface area contributed by atoms with Crippen LogP contribution in [0.3, 0.4) is 0 Å². The first-order chi connectivity index (χ1) is 19.5. The smallest absolute Gasteiger partial charge is 0.264 e. The van der Waals surface area contributed by atoms with Gasteiger partial charge < -0.3 is 10.2 Å². The number of carbonyl (C=O) groups excluding carboxylic acids is 2. The van der Waals surface area contributed by atoms with Crippen LogP contribution in [0.4, 0.5) is 5.69 Å². The van der Waals surface area contributed by atoms with Crippen LogP contribution in [0.5, 0.6) is 0 Å². The number of hydrogen-bond acceptors (Lipinski definition) is 4. The Balaban J connectivity index is 1.71. The fourth-order valence-corrected chi connectivity index (χ4v) is 6.69. The highest BCUT2D eigenvalue weighted by Gasteiger charge is 2.34. The number of nitrogens with one attached hydrogen (secondary N) is 1. The van der Waals surface area contributed by atoms with Crippen LogP contribution in [0.1, 0.15) is 60.4 Å². The van der Waals surface area contributed by atoms with Gasteiger partial charge >= 0.3 is 0 Å². The first-order valence-electron chi connectivity index (χ1n) is 14.3. The topological polar surface area (TPSA) is 86.8 Å².